The maximum Gasteiger partial charge on any atom is 0.0628 e. The third-order valence-corrected chi connectivity index (χ3v) is 3.57. The van der Waals surface area contributed by atoms with E-state index in [0.29, 0.717) is 0 Å². The highest BCUT2D eigenvalue weighted by Gasteiger charge is 2.16. The number of hydrogen-bond donors (Lipinski definition) is 1. The Morgan fingerprint density at radius 3 is 2.60 bits per heavy atom. The molecule has 1 aliphatic rings. The van der Waals surface area contributed by atoms with Crippen LogP contribution in [0.3, 0.4) is 0 Å². The van der Waals surface area contributed by atoms with Gasteiger partial charge >= 0.3 is 0 Å². The average Bonchev–Trinajstić information content (AvgIpc) is 2.35. The van der Waals surface area contributed by atoms with Crippen LogP contribution in [0.4, 0.5) is 0 Å². The molecule has 1 fully saturated rings. The minimum atomic E-state index is 0.794. The van der Waals surface area contributed by atoms with Crippen LogP contribution in [-0.2, 0) is 13.5 Å². The van der Waals surface area contributed by atoms with Gasteiger partial charge in [0.05, 0.1) is 5.69 Å². The summed E-state index contributed by atoms with van der Waals surface area (Å²) in [6.07, 6.45) is 5.25. The van der Waals surface area contributed by atoms with Crippen molar-refractivity contribution < 1.29 is 0 Å². The van der Waals surface area contributed by atoms with Gasteiger partial charge in [0.2, 0.25) is 0 Å². The van der Waals surface area contributed by atoms with Gasteiger partial charge in [-0.25, -0.2) is 0 Å². The summed E-state index contributed by atoms with van der Waals surface area (Å²) in [4.78, 5) is 0. The second-order valence-electron chi connectivity index (χ2n) is 4.60. The van der Waals surface area contributed by atoms with E-state index in [1.807, 2.05) is 11.7 Å². The molecular formula is C12H21N3. The molecule has 15 heavy (non-hydrogen) atoms. The lowest BCUT2D eigenvalue weighted by Crippen LogP contribution is -2.36. The Bertz CT molecular complexity index is 337. The zero-order chi connectivity index (χ0) is 10.8. The molecule has 3 heteroatoms. The van der Waals surface area contributed by atoms with Gasteiger partial charge in [-0.2, -0.15) is 5.10 Å². The van der Waals surface area contributed by atoms with Gasteiger partial charge in [0.25, 0.3) is 0 Å². The van der Waals surface area contributed by atoms with Crippen LogP contribution in [0, 0.1) is 13.8 Å². The minimum Gasteiger partial charge on any atom is -0.314 e. The first-order valence-electron chi connectivity index (χ1n) is 5.91. The average molecular weight is 207 g/mol. The van der Waals surface area contributed by atoms with Crippen molar-refractivity contribution in [3.05, 3.63) is 17.0 Å². The van der Waals surface area contributed by atoms with Crippen molar-refractivity contribution >= 4 is 0 Å². The molecule has 0 radical (unpaired) electrons. The van der Waals surface area contributed by atoms with E-state index in [0.717, 1.165) is 19.0 Å². The molecule has 0 bridgehead atoms. The SMILES string of the molecule is Cc1nn(C)c(C)c1CCNC1CCC1. The van der Waals surface area contributed by atoms with Crippen molar-refractivity contribution in [2.45, 2.75) is 45.6 Å². The molecule has 0 atom stereocenters. The van der Waals surface area contributed by atoms with E-state index in [2.05, 4.69) is 24.3 Å². The number of aromatic nitrogens is 2. The Balaban J connectivity index is 1.86. The lowest BCUT2D eigenvalue weighted by Gasteiger charge is -2.26. The summed E-state index contributed by atoms with van der Waals surface area (Å²) in [6, 6.07) is 0.794. The van der Waals surface area contributed by atoms with Crippen molar-refractivity contribution in [3.8, 4) is 0 Å². The van der Waals surface area contributed by atoms with Crippen LogP contribution >= 0.6 is 0 Å². The van der Waals surface area contributed by atoms with E-state index < -0.39 is 0 Å². The molecule has 84 valence electrons. The molecule has 0 aliphatic heterocycles. The summed E-state index contributed by atoms with van der Waals surface area (Å²) >= 11 is 0. The quantitative estimate of drug-likeness (QED) is 0.814. The molecule has 1 N–H and O–H groups in total. The lowest BCUT2D eigenvalue weighted by molar-refractivity contribution is 0.342. The van der Waals surface area contributed by atoms with Gasteiger partial charge < -0.3 is 5.32 Å². The largest absolute Gasteiger partial charge is 0.314 e. The van der Waals surface area contributed by atoms with Crippen molar-refractivity contribution in [2.75, 3.05) is 6.54 Å². The van der Waals surface area contributed by atoms with E-state index in [9.17, 15) is 0 Å². The molecule has 1 heterocycles. The molecule has 0 amide bonds. The Hall–Kier alpha value is -0.830. The third-order valence-electron chi connectivity index (χ3n) is 3.57. The summed E-state index contributed by atoms with van der Waals surface area (Å²) in [5.41, 5.74) is 3.91. The fourth-order valence-corrected chi connectivity index (χ4v) is 2.19. The summed E-state index contributed by atoms with van der Waals surface area (Å²) < 4.78 is 1.98. The first-order chi connectivity index (χ1) is 7.18. The maximum absolute atomic E-state index is 4.43. The van der Waals surface area contributed by atoms with Crippen molar-refractivity contribution in [2.24, 2.45) is 7.05 Å². The second kappa shape index (κ2) is 4.35. The maximum atomic E-state index is 4.43. The number of rotatable bonds is 4. The number of hydrogen-bond acceptors (Lipinski definition) is 2. The van der Waals surface area contributed by atoms with E-state index in [4.69, 9.17) is 0 Å². The standard InChI is InChI=1S/C12H21N3/c1-9-12(10(2)15(3)14-9)7-8-13-11-5-4-6-11/h11,13H,4-8H2,1-3H3. The highest BCUT2D eigenvalue weighted by atomic mass is 15.3. The van der Waals surface area contributed by atoms with Crippen molar-refractivity contribution in [3.63, 3.8) is 0 Å². The molecule has 1 aliphatic carbocycles. The predicted molar refractivity (Wildman–Crippen MR) is 62.0 cm³/mol. The minimum absolute atomic E-state index is 0.794. The van der Waals surface area contributed by atoms with Gasteiger partial charge in [0.15, 0.2) is 0 Å². The lowest BCUT2D eigenvalue weighted by atomic mass is 9.93. The molecule has 0 unspecified atom stereocenters. The van der Waals surface area contributed by atoms with E-state index >= 15 is 0 Å². The fraction of sp³-hybridized carbons (Fsp3) is 0.750. The van der Waals surface area contributed by atoms with Crippen LogP contribution in [-0.4, -0.2) is 22.4 Å². The predicted octanol–water partition coefficient (Wildman–Crippen LogP) is 1.72. The van der Waals surface area contributed by atoms with Crippen molar-refractivity contribution in [1.29, 1.82) is 0 Å². The van der Waals surface area contributed by atoms with Crippen LogP contribution < -0.4 is 5.32 Å². The first kappa shape index (κ1) is 10.7. The molecule has 1 saturated carbocycles. The van der Waals surface area contributed by atoms with E-state index in [1.54, 1.807) is 0 Å². The van der Waals surface area contributed by atoms with Gasteiger partial charge in [-0.1, -0.05) is 6.42 Å². The molecule has 0 spiro atoms. The highest BCUT2D eigenvalue weighted by Crippen LogP contribution is 2.18. The fourth-order valence-electron chi connectivity index (χ4n) is 2.19. The van der Waals surface area contributed by atoms with Gasteiger partial charge in [0, 0.05) is 18.8 Å². The normalized spacial score (nSPS) is 16.7. The summed E-state index contributed by atoms with van der Waals surface area (Å²) in [6.45, 7) is 5.35. The van der Waals surface area contributed by atoms with Gasteiger partial charge in [-0.3, -0.25) is 4.68 Å². The first-order valence-corrected chi connectivity index (χ1v) is 5.91. The van der Waals surface area contributed by atoms with E-state index in [-0.39, 0.29) is 0 Å². The Labute approximate surface area is 91.9 Å². The number of nitrogens with zero attached hydrogens (tertiary/aromatic N) is 2. The topological polar surface area (TPSA) is 29.9 Å². The number of aryl methyl sites for hydroxylation is 2. The molecule has 3 nitrogen and oxygen atoms in total. The molecule has 0 saturated heterocycles. The Morgan fingerprint density at radius 2 is 2.13 bits per heavy atom. The number of nitrogens with one attached hydrogen (secondary N) is 1. The van der Waals surface area contributed by atoms with Crippen LogP contribution in [0.15, 0.2) is 0 Å². The van der Waals surface area contributed by atoms with Crippen LogP contribution in [0.25, 0.3) is 0 Å². The Morgan fingerprint density at radius 1 is 1.40 bits per heavy atom. The van der Waals surface area contributed by atoms with Crippen LogP contribution in [0.2, 0.25) is 0 Å². The van der Waals surface area contributed by atoms with Gasteiger partial charge in [0.1, 0.15) is 0 Å². The second-order valence-corrected chi connectivity index (χ2v) is 4.60. The Kier molecular flexibility index (Phi) is 3.10. The van der Waals surface area contributed by atoms with Gasteiger partial charge in [-0.05, 0) is 45.2 Å². The zero-order valence-electron chi connectivity index (χ0n) is 10.0. The molecule has 1 aromatic heterocycles. The molecular weight excluding hydrogens is 186 g/mol. The highest BCUT2D eigenvalue weighted by molar-refractivity contribution is 5.24. The van der Waals surface area contributed by atoms with E-state index in [1.165, 1.54) is 36.2 Å². The third kappa shape index (κ3) is 2.23. The van der Waals surface area contributed by atoms with Gasteiger partial charge in [-0.15, -0.1) is 0 Å². The molecule has 2 rings (SSSR count). The summed E-state index contributed by atoms with van der Waals surface area (Å²) in [7, 11) is 2.02. The van der Waals surface area contributed by atoms with Crippen LogP contribution in [0.1, 0.15) is 36.2 Å². The summed E-state index contributed by atoms with van der Waals surface area (Å²) in [5.74, 6) is 0. The smallest absolute Gasteiger partial charge is 0.0628 e. The zero-order valence-corrected chi connectivity index (χ0v) is 10.0. The molecule has 0 aromatic carbocycles. The molecule has 1 aromatic rings. The monoisotopic (exact) mass is 207 g/mol. The summed E-state index contributed by atoms with van der Waals surface area (Å²) in [5, 5.41) is 8.03. The van der Waals surface area contributed by atoms with Crippen LogP contribution in [0.5, 0.6) is 0 Å². The van der Waals surface area contributed by atoms with Crippen molar-refractivity contribution in [1.82, 2.24) is 15.1 Å².